The SMILES string of the molecule is [BH2][Co]([SiH3])[Mo].[Cr].[Cu].[Ni]. The first-order valence-corrected chi connectivity index (χ1v) is 8.82. The van der Waals surface area contributed by atoms with E-state index in [-0.39, 0.29) is 50.9 Å². The van der Waals surface area contributed by atoms with Gasteiger partial charge < -0.3 is 0 Å². The molecule has 0 atom stereocenters. The Bertz CT molecular complexity index is 24.4. The molecule has 0 amide bonds. The average Bonchev–Trinajstić information content (AvgIpc) is 0.811. The Labute approximate surface area is 93.1 Å². The second kappa shape index (κ2) is 16.0. The van der Waals surface area contributed by atoms with Crippen LogP contribution < -0.4 is 0 Å². The fourth-order valence-corrected chi connectivity index (χ4v) is 0. The van der Waals surface area contributed by atoms with E-state index < -0.39 is 0 Å². The summed E-state index contributed by atoms with van der Waals surface area (Å²) in [6, 6.07) is 0. The summed E-state index contributed by atoms with van der Waals surface area (Å²) in [5.41, 5.74) is 0. The molecule has 0 saturated carbocycles. The zero-order valence-electron chi connectivity index (χ0n) is 3.77. The molecule has 0 aromatic rings. The monoisotopic (exact) mass is 374 g/mol. The van der Waals surface area contributed by atoms with Crippen LogP contribution in [0.15, 0.2) is 0 Å². The third-order valence-electron chi connectivity index (χ3n) is 0. The molecule has 0 aliphatic carbocycles. The first-order valence-electron chi connectivity index (χ1n) is 0.803. The number of hydrogen-bond donors (Lipinski definition) is 0. The van der Waals surface area contributed by atoms with Crippen LogP contribution in [0, 0.1) is 0 Å². The van der Waals surface area contributed by atoms with Crippen molar-refractivity contribution in [1.82, 2.24) is 0 Å². The summed E-state index contributed by atoms with van der Waals surface area (Å²) in [6.07, 6.45) is 0. The van der Waals surface area contributed by atoms with E-state index in [4.69, 9.17) is 0 Å². The van der Waals surface area contributed by atoms with Crippen molar-refractivity contribution in [3.63, 3.8) is 0 Å². The summed E-state index contributed by atoms with van der Waals surface area (Å²) in [5, 5.41) is 0. The van der Waals surface area contributed by atoms with E-state index in [9.17, 15) is 0 Å². The topological polar surface area (TPSA) is 0 Å². The van der Waals surface area contributed by atoms with Gasteiger partial charge in [0.25, 0.3) is 0 Å². The van der Waals surface area contributed by atoms with Crippen LogP contribution >= 0.6 is 0 Å². The zero-order chi connectivity index (χ0) is 3.58. The van der Waals surface area contributed by atoms with Gasteiger partial charge in [0.2, 0.25) is 0 Å². The molecule has 0 aliphatic rings. The molecule has 0 heterocycles. The third-order valence-corrected chi connectivity index (χ3v) is 0. The van der Waals surface area contributed by atoms with Crippen LogP contribution in [0.3, 0.4) is 0 Å². The molecule has 0 aromatic carbocycles. The minimum Gasteiger partial charge on any atom is 0 e. The van der Waals surface area contributed by atoms with E-state index >= 15 is 0 Å². The molecule has 0 fully saturated rings. The van der Waals surface area contributed by atoms with Crippen LogP contribution in [0.25, 0.3) is 0 Å². The largest absolute Gasteiger partial charge is 0 e. The van der Waals surface area contributed by atoms with Crippen LogP contribution in [0.5, 0.6) is 0 Å². The summed E-state index contributed by atoms with van der Waals surface area (Å²) in [4.78, 5) is 0. The molecule has 0 aromatic heterocycles. The summed E-state index contributed by atoms with van der Waals surface area (Å²) < 4.78 is 0. The molecule has 1 radical (unpaired) electrons. The van der Waals surface area contributed by atoms with Gasteiger partial charge in [-0.1, -0.05) is 0 Å². The summed E-state index contributed by atoms with van der Waals surface area (Å²) in [5.74, 6) is 0. The van der Waals surface area contributed by atoms with Gasteiger partial charge in [0.15, 0.2) is 0 Å². The summed E-state index contributed by atoms with van der Waals surface area (Å²) in [6.45, 7) is 2.30. The Balaban J connectivity index is -0.0000000150. The van der Waals surface area contributed by atoms with Gasteiger partial charge in [-0.25, -0.2) is 0 Å². The van der Waals surface area contributed by atoms with E-state index in [1.54, 1.807) is 0 Å². The smallest absolute Gasteiger partial charge is 0 e. The van der Waals surface area contributed by atoms with E-state index in [1.807, 2.05) is 0 Å². The molecule has 54 valence electrons. The van der Waals surface area contributed by atoms with Crippen LogP contribution in [-0.2, 0) is 79.0 Å². The summed E-state index contributed by atoms with van der Waals surface area (Å²) in [7, 11) is 1.96. The van der Waals surface area contributed by atoms with Gasteiger partial charge in [0.05, 0.1) is 0 Å². The van der Waals surface area contributed by atoms with Crippen LogP contribution in [0.4, 0.5) is 0 Å². The quantitative estimate of drug-likeness (QED) is 0.427. The van der Waals surface area contributed by atoms with E-state index in [1.165, 1.54) is 8.89 Å². The maximum Gasteiger partial charge on any atom is 0 e. The Morgan fingerprint density at radius 3 is 1.57 bits per heavy atom. The fourth-order valence-electron chi connectivity index (χ4n) is 0. The third kappa shape index (κ3) is 48.7. The van der Waals surface area contributed by atoms with E-state index in [2.05, 4.69) is 24.5 Å². The van der Waals surface area contributed by atoms with Gasteiger partial charge in [-0.3, -0.25) is 0 Å². The second-order valence-corrected chi connectivity index (χ2v) is 17.4. The fraction of sp³-hybridized carbons (Fsp3) is 0. The minimum absolute atomic E-state index is 0. The molecule has 7 heteroatoms. The maximum absolute atomic E-state index is 2.30. The molecule has 0 spiro atoms. The first-order chi connectivity index (χ1) is 1.73. The standard InChI is InChI=1S/BH2.Co.Cr.Cu.Mo.Ni.H3Si/h1H2;;;;;;1H3/q+1;-1;;;;;. The Morgan fingerprint density at radius 2 is 1.57 bits per heavy atom. The van der Waals surface area contributed by atoms with Crippen molar-refractivity contribution in [2.45, 2.75) is 0 Å². The van der Waals surface area contributed by atoms with Gasteiger partial charge in [-0.15, -0.1) is 0 Å². The Hall–Kier alpha value is 3.02. The molecule has 0 aliphatic heterocycles. The molecule has 7 heavy (non-hydrogen) atoms. The van der Waals surface area contributed by atoms with Crippen molar-refractivity contribution in [3.05, 3.63) is 0 Å². The normalized spacial score (nSPS) is 6.57. The summed E-state index contributed by atoms with van der Waals surface area (Å²) >= 11 is 2.23. The van der Waals surface area contributed by atoms with Crippen molar-refractivity contribution < 1.29 is 79.0 Å². The van der Waals surface area contributed by atoms with Gasteiger partial charge in [0, 0.05) is 50.9 Å². The van der Waals surface area contributed by atoms with Crippen molar-refractivity contribution in [2.75, 3.05) is 0 Å². The molecule has 0 bridgehead atoms. The van der Waals surface area contributed by atoms with Crippen molar-refractivity contribution in [3.8, 4) is 0 Å². The Morgan fingerprint density at radius 1 is 1.57 bits per heavy atom. The second-order valence-electron chi connectivity index (χ2n) is 0.605. The van der Waals surface area contributed by atoms with Crippen molar-refractivity contribution >= 4 is 15.6 Å². The molecule has 0 unspecified atom stereocenters. The van der Waals surface area contributed by atoms with E-state index in [0.29, 0.717) is 10.2 Å². The zero-order valence-corrected chi connectivity index (χ0v) is 12.0. The molecule has 0 nitrogen and oxygen atoms in total. The predicted molar refractivity (Wildman–Crippen MR) is 18.5 cm³/mol. The molecule has 0 saturated heterocycles. The number of hydrogen-bond acceptors (Lipinski definition) is 0. The Kier molecular flexibility index (Phi) is 51.4. The van der Waals surface area contributed by atoms with Gasteiger partial charge >= 0.3 is 43.6 Å². The van der Waals surface area contributed by atoms with Crippen LogP contribution in [-0.4, -0.2) is 15.6 Å². The molecule has 0 N–H and O–H groups in total. The maximum atomic E-state index is 2.30. The first kappa shape index (κ1) is 22.5. The van der Waals surface area contributed by atoms with Gasteiger partial charge in [-0.05, 0) is 0 Å². The van der Waals surface area contributed by atoms with Gasteiger partial charge in [0.1, 0.15) is 0 Å². The van der Waals surface area contributed by atoms with E-state index in [0.717, 1.165) is 0 Å². The minimum atomic E-state index is 0. The van der Waals surface area contributed by atoms with Crippen molar-refractivity contribution in [1.29, 1.82) is 0 Å². The van der Waals surface area contributed by atoms with Gasteiger partial charge in [-0.2, -0.15) is 0 Å². The van der Waals surface area contributed by atoms with Crippen LogP contribution in [0.1, 0.15) is 0 Å². The molecular formula is H5BCoCrCuMoNiSi. The predicted octanol–water partition coefficient (Wildman–Crippen LogP) is -2.11. The average molecular weight is 373 g/mol. The number of rotatable bonds is 0. The molecule has 0 rings (SSSR count). The van der Waals surface area contributed by atoms with Crippen LogP contribution in [0.2, 0.25) is 0 Å². The molecular weight excluding hydrogens is 368 g/mol. The van der Waals surface area contributed by atoms with Crippen molar-refractivity contribution in [2.24, 2.45) is 0 Å².